The summed E-state index contributed by atoms with van der Waals surface area (Å²) >= 11 is 0. The van der Waals surface area contributed by atoms with Crippen LogP contribution >= 0.6 is 0 Å². The highest BCUT2D eigenvalue weighted by Crippen LogP contribution is 2.30. The SMILES string of the molecule is CC(C)C1CCCN(C(CCN)c2ccccc2)CC1. The Morgan fingerprint density at radius 1 is 1.15 bits per heavy atom. The summed E-state index contributed by atoms with van der Waals surface area (Å²) in [5, 5.41) is 0. The maximum atomic E-state index is 5.86. The maximum Gasteiger partial charge on any atom is 0.0360 e. The molecule has 112 valence electrons. The summed E-state index contributed by atoms with van der Waals surface area (Å²) in [4.78, 5) is 2.67. The van der Waals surface area contributed by atoms with Gasteiger partial charge in [0.05, 0.1) is 0 Å². The molecule has 2 atom stereocenters. The second kappa shape index (κ2) is 7.80. The van der Waals surface area contributed by atoms with Crippen LogP contribution in [0.3, 0.4) is 0 Å². The molecule has 1 aromatic carbocycles. The van der Waals surface area contributed by atoms with Crippen molar-refractivity contribution in [3.63, 3.8) is 0 Å². The van der Waals surface area contributed by atoms with Gasteiger partial charge in [-0.2, -0.15) is 0 Å². The van der Waals surface area contributed by atoms with Gasteiger partial charge in [-0.05, 0) is 62.7 Å². The molecule has 0 radical (unpaired) electrons. The summed E-state index contributed by atoms with van der Waals surface area (Å²) in [7, 11) is 0. The van der Waals surface area contributed by atoms with Gasteiger partial charge in [-0.25, -0.2) is 0 Å². The van der Waals surface area contributed by atoms with Crippen molar-refractivity contribution in [1.82, 2.24) is 4.90 Å². The van der Waals surface area contributed by atoms with E-state index in [1.54, 1.807) is 0 Å². The minimum absolute atomic E-state index is 0.507. The van der Waals surface area contributed by atoms with Crippen LogP contribution in [0.1, 0.15) is 51.1 Å². The van der Waals surface area contributed by atoms with Crippen molar-refractivity contribution in [2.45, 2.75) is 45.6 Å². The predicted molar refractivity (Wildman–Crippen MR) is 86.6 cm³/mol. The molecule has 1 aliphatic heterocycles. The molecular formula is C18H30N2. The molecule has 0 amide bonds. The Hall–Kier alpha value is -0.860. The van der Waals surface area contributed by atoms with Crippen LogP contribution in [0.4, 0.5) is 0 Å². The maximum absolute atomic E-state index is 5.86. The Morgan fingerprint density at radius 3 is 2.55 bits per heavy atom. The molecule has 2 nitrogen and oxygen atoms in total. The van der Waals surface area contributed by atoms with E-state index in [-0.39, 0.29) is 0 Å². The van der Waals surface area contributed by atoms with Crippen LogP contribution in [-0.4, -0.2) is 24.5 Å². The number of likely N-dealkylation sites (tertiary alicyclic amines) is 1. The zero-order chi connectivity index (χ0) is 14.4. The van der Waals surface area contributed by atoms with Crippen molar-refractivity contribution in [2.24, 2.45) is 17.6 Å². The smallest absolute Gasteiger partial charge is 0.0360 e. The van der Waals surface area contributed by atoms with E-state index in [0.717, 1.165) is 24.8 Å². The highest BCUT2D eigenvalue weighted by molar-refractivity contribution is 5.19. The van der Waals surface area contributed by atoms with E-state index in [0.29, 0.717) is 6.04 Å². The van der Waals surface area contributed by atoms with Gasteiger partial charge in [-0.3, -0.25) is 4.90 Å². The molecule has 0 aromatic heterocycles. The number of hydrogen-bond donors (Lipinski definition) is 1. The molecule has 1 heterocycles. The number of nitrogens with two attached hydrogens (primary N) is 1. The third kappa shape index (κ3) is 4.07. The Balaban J connectivity index is 2.06. The van der Waals surface area contributed by atoms with Gasteiger partial charge in [0, 0.05) is 6.04 Å². The molecule has 1 aliphatic rings. The lowest BCUT2D eigenvalue weighted by Crippen LogP contribution is -2.31. The van der Waals surface area contributed by atoms with Gasteiger partial charge in [0.2, 0.25) is 0 Å². The Kier molecular flexibility index (Phi) is 6.06. The lowest BCUT2D eigenvalue weighted by Gasteiger charge is -2.31. The zero-order valence-corrected chi connectivity index (χ0v) is 13.1. The van der Waals surface area contributed by atoms with E-state index in [1.807, 2.05) is 0 Å². The minimum Gasteiger partial charge on any atom is -0.330 e. The summed E-state index contributed by atoms with van der Waals surface area (Å²) in [6.07, 6.45) is 5.12. The molecule has 20 heavy (non-hydrogen) atoms. The first-order valence-electron chi connectivity index (χ1n) is 8.21. The first-order chi connectivity index (χ1) is 9.72. The topological polar surface area (TPSA) is 29.3 Å². The average molecular weight is 274 g/mol. The van der Waals surface area contributed by atoms with Gasteiger partial charge in [0.25, 0.3) is 0 Å². The molecule has 0 spiro atoms. The molecular weight excluding hydrogens is 244 g/mol. The third-order valence-electron chi connectivity index (χ3n) is 4.82. The van der Waals surface area contributed by atoms with E-state index in [4.69, 9.17) is 5.73 Å². The lowest BCUT2D eigenvalue weighted by molar-refractivity contribution is 0.192. The van der Waals surface area contributed by atoms with Gasteiger partial charge >= 0.3 is 0 Å². The molecule has 2 rings (SSSR count). The molecule has 1 fully saturated rings. The van der Waals surface area contributed by atoms with Crippen LogP contribution in [0.5, 0.6) is 0 Å². The Labute approximate surface area is 124 Å². The van der Waals surface area contributed by atoms with Crippen LogP contribution in [0.2, 0.25) is 0 Å². The Morgan fingerprint density at radius 2 is 1.90 bits per heavy atom. The minimum atomic E-state index is 0.507. The van der Waals surface area contributed by atoms with Gasteiger partial charge in [0.1, 0.15) is 0 Å². The van der Waals surface area contributed by atoms with Gasteiger partial charge in [-0.1, -0.05) is 44.2 Å². The van der Waals surface area contributed by atoms with Crippen LogP contribution < -0.4 is 5.73 Å². The fourth-order valence-corrected chi connectivity index (χ4v) is 3.52. The van der Waals surface area contributed by atoms with Crippen LogP contribution in [0.25, 0.3) is 0 Å². The van der Waals surface area contributed by atoms with Crippen molar-refractivity contribution < 1.29 is 0 Å². The molecule has 2 N–H and O–H groups in total. The van der Waals surface area contributed by atoms with E-state index < -0.39 is 0 Å². The van der Waals surface area contributed by atoms with Crippen molar-refractivity contribution in [3.8, 4) is 0 Å². The van der Waals surface area contributed by atoms with Gasteiger partial charge < -0.3 is 5.73 Å². The Bertz CT molecular complexity index is 374. The van der Waals surface area contributed by atoms with Crippen molar-refractivity contribution in [2.75, 3.05) is 19.6 Å². The van der Waals surface area contributed by atoms with Crippen molar-refractivity contribution in [3.05, 3.63) is 35.9 Å². The van der Waals surface area contributed by atoms with Crippen molar-refractivity contribution in [1.29, 1.82) is 0 Å². The normalized spacial score (nSPS) is 22.7. The quantitative estimate of drug-likeness (QED) is 0.884. The lowest BCUT2D eigenvalue weighted by atomic mass is 9.89. The standard InChI is InChI=1S/C18H30N2/c1-15(2)16-9-6-13-20(14-11-16)18(10-12-19)17-7-4-3-5-8-17/h3-5,7-8,15-16,18H,6,9-14,19H2,1-2H3. The van der Waals surface area contributed by atoms with E-state index >= 15 is 0 Å². The fourth-order valence-electron chi connectivity index (χ4n) is 3.52. The van der Waals surface area contributed by atoms with E-state index in [1.165, 1.54) is 37.9 Å². The first kappa shape index (κ1) is 15.5. The van der Waals surface area contributed by atoms with Gasteiger partial charge in [-0.15, -0.1) is 0 Å². The van der Waals surface area contributed by atoms with Crippen LogP contribution in [0.15, 0.2) is 30.3 Å². The first-order valence-corrected chi connectivity index (χ1v) is 8.21. The summed E-state index contributed by atoms with van der Waals surface area (Å²) in [5.74, 6) is 1.72. The van der Waals surface area contributed by atoms with E-state index in [9.17, 15) is 0 Å². The summed E-state index contributed by atoms with van der Waals surface area (Å²) in [6, 6.07) is 11.4. The number of hydrogen-bond acceptors (Lipinski definition) is 2. The molecule has 0 bridgehead atoms. The average Bonchev–Trinajstić information content (AvgIpc) is 2.71. The summed E-state index contributed by atoms with van der Waals surface area (Å²) in [6.45, 7) is 7.96. The molecule has 0 saturated carbocycles. The molecule has 1 saturated heterocycles. The number of rotatable bonds is 5. The van der Waals surface area contributed by atoms with Gasteiger partial charge in [0.15, 0.2) is 0 Å². The molecule has 2 heteroatoms. The summed E-state index contributed by atoms with van der Waals surface area (Å²) < 4.78 is 0. The molecule has 0 aliphatic carbocycles. The highest BCUT2D eigenvalue weighted by Gasteiger charge is 2.24. The zero-order valence-electron chi connectivity index (χ0n) is 13.1. The second-order valence-electron chi connectivity index (χ2n) is 6.47. The predicted octanol–water partition coefficient (Wildman–Crippen LogP) is 3.83. The molecule has 1 aromatic rings. The number of benzene rings is 1. The highest BCUT2D eigenvalue weighted by atomic mass is 15.2. The fraction of sp³-hybridized carbons (Fsp3) is 0.667. The van der Waals surface area contributed by atoms with Crippen LogP contribution in [-0.2, 0) is 0 Å². The monoisotopic (exact) mass is 274 g/mol. The molecule has 2 unspecified atom stereocenters. The largest absolute Gasteiger partial charge is 0.330 e. The van der Waals surface area contributed by atoms with E-state index in [2.05, 4.69) is 49.1 Å². The van der Waals surface area contributed by atoms with Crippen molar-refractivity contribution >= 4 is 0 Å². The summed E-state index contributed by atoms with van der Waals surface area (Å²) in [5.41, 5.74) is 7.29. The van der Waals surface area contributed by atoms with Crippen LogP contribution in [0, 0.1) is 11.8 Å². The number of nitrogens with zero attached hydrogens (tertiary/aromatic N) is 1. The second-order valence-corrected chi connectivity index (χ2v) is 6.47. The third-order valence-corrected chi connectivity index (χ3v) is 4.82.